The van der Waals surface area contributed by atoms with E-state index in [4.69, 9.17) is 18.9 Å². The summed E-state index contributed by atoms with van der Waals surface area (Å²) in [6, 6.07) is 27.9. The zero-order valence-corrected chi connectivity index (χ0v) is 44.2. The van der Waals surface area contributed by atoms with E-state index >= 15 is 0 Å². The monoisotopic (exact) mass is 967 g/mol. The second kappa shape index (κ2) is 20.7. The van der Waals surface area contributed by atoms with Gasteiger partial charge >= 0.3 is 0 Å². The minimum atomic E-state index is -0.221. The molecule has 2 N–H and O–H groups in total. The van der Waals surface area contributed by atoms with E-state index < -0.39 is 0 Å². The number of hydrogen-bond donors (Lipinski definition) is 2. The molecule has 5 aromatic carbocycles. The van der Waals surface area contributed by atoms with Crippen molar-refractivity contribution in [2.24, 2.45) is 0 Å². The van der Waals surface area contributed by atoms with Crippen LogP contribution in [0.2, 0.25) is 0 Å². The normalized spacial score (nSPS) is 16.3. The highest BCUT2D eigenvalue weighted by atomic mass is 32.2. The van der Waals surface area contributed by atoms with Gasteiger partial charge in [0.1, 0.15) is 36.2 Å². The Bertz CT molecular complexity index is 2250. The highest BCUT2D eigenvalue weighted by Gasteiger charge is 2.30. The van der Waals surface area contributed by atoms with Crippen molar-refractivity contribution in [3.8, 4) is 23.0 Å². The van der Waals surface area contributed by atoms with E-state index in [-0.39, 0.29) is 33.2 Å². The van der Waals surface area contributed by atoms with Gasteiger partial charge in [0, 0.05) is 19.6 Å². The average molecular weight is 968 g/mol. The van der Waals surface area contributed by atoms with E-state index in [2.05, 4.69) is 161 Å². The summed E-state index contributed by atoms with van der Waals surface area (Å²) in [5, 5.41) is 25.1. The maximum atomic E-state index is 12.5. The van der Waals surface area contributed by atoms with Crippen LogP contribution in [-0.2, 0) is 37.7 Å². The van der Waals surface area contributed by atoms with Gasteiger partial charge in [0.2, 0.25) is 0 Å². The second-order valence-corrected chi connectivity index (χ2v) is 25.7. The van der Waals surface area contributed by atoms with Crippen LogP contribution in [0.25, 0.3) is 0 Å². The predicted octanol–water partition coefficient (Wildman–Crippen LogP) is 14.5. The van der Waals surface area contributed by atoms with Gasteiger partial charge in [0.25, 0.3) is 0 Å². The molecule has 0 atom stereocenters. The van der Waals surface area contributed by atoms with Gasteiger partial charge in [-0.1, -0.05) is 160 Å². The lowest BCUT2D eigenvalue weighted by molar-refractivity contribution is 0.0523. The van der Waals surface area contributed by atoms with Crippen molar-refractivity contribution in [3.63, 3.8) is 0 Å². The lowest BCUT2D eigenvalue weighted by Gasteiger charge is -2.27. The Morgan fingerprint density at radius 3 is 1.03 bits per heavy atom. The fraction of sp³-hybridized carbons (Fsp3) is 0.455. The molecular formula is C55H69NO6S4. The van der Waals surface area contributed by atoms with Gasteiger partial charge in [-0.05, 0) is 98.0 Å². The third kappa shape index (κ3) is 12.6. The quantitative estimate of drug-likeness (QED) is 0.163. The third-order valence-corrected chi connectivity index (χ3v) is 16.0. The molecule has 5 aromatic rings. The Labute approximate surface area is 411 Å². The largest absolute Gasteiger partial charge is 0.506 e. The van der Waals surface area contributed by atoms with E-state index in [1.807, 2.05) is 6.07 Å². The first-order chi connectivity index (χ1) is 31.0. The van der Waals surface area contributed by atoms with Gasteiger partial charge in [-0.25, -0.2) is 0 Å². The van der Waals surface area contributed by atoms with Crippen molar-refractivity contribution in [1.82, 2.24) is 4.90 Å². The molecule has 0 amide bonds. The lowest BCUT2D eigenvalue weighted by Crippen LogP contribution is -2.31. The Morgan fingerprint density at radius 1 is 0.424 bits per heavy atom. The molecule has 354 valence electrons. The topological polar surface area (TPSA) is 80.6 Å². The van der Waals surface area contributed by atoms with Gasteiger partial charge in [-0.2, -0.15) is 0 Å². The maximum absolute atomic E-state index is 12.5. The summed E-state index contributed by atoms with van der Waals surface area (Å²) in [4.78, 5) is 8.84. The van der Waals surface area contributed by atoms with Gasteiger partial charge in [0.15, 0.2) is 0 Å². The highest BCUT2D eigenvalue weighted by Crippen LogP contribution is 2.56. The molecule has 66 heavy (non-hydrogen) atoms. The fourth-order valence-corrected chi connectivity index (χ4v) is 12.1. The van der Waals surface area contributed by atoms with Gasteiger partial charge in [0.05, 0.1) is 65.6 Å². The van der Waals surface area contributed by atoms with Crippen LogP contribution in [0.1, 0.15) is 111 Å². The molecule has 0 aromatic heterocycles. The molecule has 0 fully saturated rings. The number of nitrogens with zero attached hydrogens (tertiary/aromatic N) is 1. The van der Waals surface area contributed by atoms with Crippen LogP contribution in [0.15, 0.2) is 118 Å². The van der Waals surface area contributed by atoms with Crippen molar-refractivity contribution in [2.75, 3.05) is 52.7 Å². The standard InChI is InChI=1S/C55H69NO6S4/c1-52(2,3)36-26-40-48(57)41(27-36)64-45-31-39(55(10,11)12)33-47-51(45)62-25-23-60-21-19-56(34-35-16-14-13-15-17-35)18-20-59-22-24-61-50-44(63-40)30-38(54(7,8)9)32-46(50)65-42-28-37(53(4,5)6)29-43(66-47)49(42)58/h13-17,26-33,57-58H,18-25,34H2,1-12H3. The Hall–Kier alpha value is -3.42. The van der Waals surface area contributed by atoms with Crippen LogP contribution in [0.4, 0.5) is 0 Å². The van der Waals surface area contributed by atoms with Crippen LogP contribution < -0.4 is 9.47 Å². The Kier molecular flexibility index (Phi) is 15.8. The minimum absolute atomic E-state index is 0.208. The molecule has 0 radical (unpaired) electrons. The Balaban J connectivity index is 1.48. The first kappa shape index (κ1) is 50.5. The number of rotatable bonds is 2. The molecule has 8 rings (SSSR count). The van der Waals surface area contributed by atoms with E-state index in [1.54, 1.807) is 0 Å². The molecule has 7 nitrogen and oxygen atoms in total. The van der Waals surface area contributed by atoms with Crippen LogP contribution in [0.5, 0.6) is 23.0 Å². The summed E-state index contributed by atoms with van der Waals surface area (Å²) < 4.78 is 26.4. The van der Waals surface area contributed by atoms with Crippen LogP contribution in [0, 0.1) is 0 Å². The van der Waals surface area contributed by atoms with E-state index in [0.29, 0.717) is 51.1 Å². The molecule has 0 saturated carbocycles. The van der Waals surface area contributed by atoms with Crippen molar-refractivity contribution >= 4 is 47.0 Å². The SMILES string of the molecule is CC(C)(C)c1cc2c(O)c(c1)Sc1cc(C(C)(C)C)cc3c1OCCOCCN(Cc1ccccc1)CCOCCOc1c(cc(C(C)(C)C)cc1Sc1cc(C(C)(C)C)cc(c1O)S3)S2. The number of fused-ring (bicyclic) bond motifs is 12. The van der Waals surface area contributed by atoms with Crippen LogP contribution in [0.3, 0.4) is 0 Å². The lowest BCUT2D eigenvalue weighted by atomic mass is 9.87. The fourth-order valence-electron chi connectivity index (χ4n) is 7.53. The average Bonchev–Trinajstić information content (AvgIpc) is 3.22. The molecule has 3 aliphatic heterocycles. The molecule has 0 unspecified atom stereocenters. The zero-order valence-electron chi connectivity index (χ0n) is 41.0. The molecular weight excluding hydrogens is 899 g/mol. The molecule has 3 aliphatic rings. The number of benzene rings is 5. The van der Waals surface area contributed by atoms with Crippen LogP contribution in [-0.4, -0.2) is 67.8 Å². The summed E-state index contributed by atoms with van der Waals surface area (Å²) in [7, 11) is 0. The molecule has 0 spiro atoms. The number of hydrogen-bond acceptors (Lipinski definition) is 11. The number of phenols is 2. The summed E-state index contributed by atoms with van der Waals surface area (Å²) in [6.07, 6.45) is 0. The minimum Gasteiger partial charge on any atom is -0.506 e. The van der Waals surface area contributed by atoms with Crippen molar-refractivity contribution in [1.29, 1.82) is 0 Å². The smallest absolute Gasteiger partial charge is 0.147 e. The predicted molar refractivity (Wildman–Crippen MR) is 275 cm³/mol. The van der Waals surface area contributed by atoms with Crippen LogP contribution >= 0.6 is 47.0 Å². The second-order valence-electron chi connectivity index (χ2n) is 21.3. The number of phenolic OH excluding ortho intramolecular Hbond substituents is 2. The molecule has 0 aliphatic carbocycles. The van der Waals surface area contributed by atoms with Crippen molar-refractivity contribution in [3.05, 3.63) is 107 Å². The number of ether oxygens (including phenoxy) is 4. The highest BCUT2D eigenvalue weighted by molar-refractivity contribution is 8.01. The first-order valence-corrected chi connectivity index (χ1v) is 26.3. The van der Waals surface area contributed by atoms with E-state index in [0.717, 1.165) is 81.1 Å². The van der Waals surface area contributed by atoms with Crippen molar-refractivity contribution in [2.45, 2.75) is 150 Å². The van der Waals surface area contributed by atoms with E-state index in [1.165, 1.54) is 52.6 Å². The third-order valence-electron chi connectivity index (χ3n) is 11.8. The zero-order chi connectivity index (χ0) is 47.6. The Morgan fingerprint density at radius 2 is 0.727 bits per heavy atom. The summed E-state index contributed by atoms with van der Waals surface area (Å²) in [5.74, 6) is 1.80. The summed E-state index contributed by atoms with van der Waals surface area (Å²) >= 11 is 6.09. The van der Waals surface area contributed by atoms with Gasteiger partial charge in [-0.15, -0.1) is 0 Å². The van der Waals surface area contributed by atoms with Gasteiger partial charge in [-0.3, -0.25) is 4.90 Å². The molecule has 10 bridgehead atoms. The maximum Gasteiger partial charge on any atom is 0.147 e. The van der Waals surface area contributed by atoms with Crippen molar-refractivity contribution < 1.29 is 29.2 Å². The molecule has 0 saturated heterocycles. The molecule has 11 heteroatoms. The first-order valence-electron chi connectivity index (χ1n) is 23.1. The summed E-state index contributed by atoms with van der Waals surface area (Å²) in [6.45, 7) is 31.3. The van der Waals surface area contributed by atoms with E-state index in [9.17, 15) is 10.2 Å². The number of aromatic hydroxyl groups is 2. The summed E-state index contributed by atoms with van der Waals surface area (Å²) in [5.41, 5.74) is 4.81. The molecule has 3 heterocycles. The van der Waals surface area contributed by atoms with Gasteiger partial charge < -0.3 is 29.2 Å².